The number of urea groups is 1. The van der Waals surface area contributed by atoms with Gasteiger partial charge in [0, 0.05) is 25.6 Å². The molecule has 7 heteroatoms. The summed E-state index contributed by atoms with van der Waals surface area (Å²) in [6, 6.07) is 7.69. The molecule has 0 radical (unpaired) electrons. The molecule has 0 spiro atoms. The Hall–Kier alpha value is -2.41. The highest BCUT2D eigenvalue weighted by molar-refractivity contribution is 5.75. The van der Waals surface area contributed by atoms with Gasteiger partial charge in [-0.05, 0) is 31.0 Å². The summed E-state index contributed by atoms with van der Waals surface area (Å²) in [6.07, 6.45) is 4.00. The van der Waals surface area contributed by atoms with Crippen LogP contribution in [-0.2, 0) is 0 Å². The number of hydrogen-bond donors (Lipinski definition) is 2. The van der Waals surface area contributed by atoms with Gasteiger partial charge >= 0.3 is 6.03 Å². The zero-order chi connectivity index (χ0) is 16.2. The van der Waals surface area contributed by atoms with Gasteiger partial charge in [0.05, 0.1) is 11.7 Å². The summed E-state index contributed by atoms with van der Waals surface area (Å²) >= 11 is 0. The monoisotopic (exact) mass is 315 g/mol. The Morgan fingerprint density at radius 1 is 1.43 bits per heavy atom. The summed E-state index contributed by atoms with van der Waals surface area (Å²) in [5, 5.41) is 16.3. The van der Waals surface area contributed by atoms with E-state index >= 15 is 0 Å². The first kappa shape index (κ1) is 15.5. The normalized spacial score (nSPS) is 18.9. The topological polar surface area (TPSA) is 83.3 Å². The lowest BCUT2D eigenvalue weighted by atomic mass is 10.1. The Kier molecular flexibility index (Phi) is 4.57. The van der Waals surface area contributed by atoms with E-state index in [1.165, 1.54) is 6.33 Å². The van der Waals surface area contributed by atoms with E-state index in [1.54, 1.807) is 15.9 Å². The molecule has 1 saturated heterocycles. The number of aromatic nitrogens is 3. The van der Waals surface area contributed by atoms with Crippen LogP contribution in [-0.4, -0.2) is 50.5 Å². The minimum Gasteiger partial charge on any atom is -0.396 e. The van der Waals surface area contributed by atoms with Crippen molar-refractivity contribution in [1.82, 2.24) is 25.0 Å². The van der Waals surface area contributed by atoms with E-state index in [2.05, 4.69) is 15.4 Å². The summed E-state index contributed by atoms with van der Waals surface area (Å²) in [5.74, 6) is 0.206. The third kappa shape index (κ3) is 3.50. The minimum atomic E-state index is -0.0829. The third-order valence-corrected chi connectivity index (χ3v) is 4.25. The van der Waals surface area contributed by atoms with Gasteiger partial charge in [-0.2, -0.15) is 5.10 Å². The number of nitrogens with one attached hydrogen (secondary N) is 1. The maximum atomic E-state index is 12.3. The van der Waals surface area contributed by atoms with Crippen LogP contribution < -0.4 is 5.32 Å². The fourth-order valence-corrected chi connectivity index (χ4v) is 2.78. The minimum absolute atomic E-state index is 0.0752. The van der Waals surface area contributed by atoms with Gasteiger partial charge in [0.2, 0.25) is 0 Å². The lowest BCUT2D eigenvalue weighted by Crippen LogP contribution is -2.39. The molecule has 2 heterocycles. The first-order chi connectivity index (χ1) is 11.2. The molecule has 7 nitrogen and oxygen atoms in total. The average molecular weight is 315 g/mol. The van der Waals surface area contributed by atoms with Crippen LogP contribution in [0.5, 0.6) is 0 Å². The fourth-order valence-electron chi connectivity index (χ4n) is 2.78. The number of carbonyl (C=O) groups is 1. The summed E-state index contributed by atoms with van der Waals surface area (Å²) < 4.78 is 1.69. The molecule has 1 fully saturated rings. The largest absolute Gasteiger partial charge is 0.396 e. The zero-order valence-electron chi connectivity index (χ0n) is 13.1. The first-order valence-corrected chi connectivity index (χ1v) is 7.78. The molecule has 0 bridgehead atoms. The van der Waals surface area contributed by atoms with Gasteiger partial charge in [0.25, 0.3) is 0 Å². The number of hydrogen-bond acceptors (Lipinski definition) is 4. The van der Waals surface area contributed by atoms with E-state index in [-0.39, 0.29) is 24.6 Å². The third-order valence-electron chi connectivity index (χ3n) is 4.25. The van der Waals surface area contributed by atoms with E-state index in [4.69, 9.17) is 5.11 Å². The second-order valence-electron chi connectivity index (χ2n) is 5.89. The van der Waals surface area contributed by atoms with Crippen LogP contribution >= 0.6 is 0 Å². The van der Waals surface area contributed by atoms with E-state index in [0.717, 1.165) is 17.7 Å². The quantitative estimate of drug-likeness (QED) is 0.892. The molecule has 2 unspecified atom stereocenters. The molecule has 1 aromatic heterocycles. The summed E-state index contributed by atoms with van der Waals surface area (Å²) in [5.41, 5.74) is 1.95. The van der Waals surface area contributed by atoms with Crippen LogP contribution in [0, 0.1) is 5.92 Å². The fraction of sp³-hybridized carbons (Fsp3) is 0.438. The Morgan fingerprint density at radius 2 is 2.22 bits per heavy atom. The molecular weight excluding hydrogens is 294 g/mol. The molecule has 1 aliphatic rings. The average Bonchev–Trinajstić information content (AvgIpc) is 3.26. The predicted octanol–water partition coefficient (Wildman–Crippen LogP) is 1.35. The predicted molar refractivity (Wildman–Crippen MR) is 85.1 cm³/mol. The molecule has 0 saturated carbocycles. The molecule has 122 valence electrons. The molecule has 1 aromatic carbocycles. The van der Waals surface area contributed by atoms with Crippen molar-refractivity contribution in [2.45, 2.75) is 19.4 Å². The second-order valence-corrected chi connectivity index (χ2v) is 5.89. The van der Waals surface area contributed by atoms with Gasteiger partial charge in [-0.15, -0.1) is 0 Å². The second kappa shape index (κ2) is 6.78. The van der Waals surface area contributed by atoms with Crippen molar-refractivity contribution >= 4 is 6.03 Å². The lowest BCUT2D eigenvalue weighted by molar-refractivity contribution is 0.195. The van der Waals surface area contributed by atoms with Crippen LogP contribution in [0.1, 0.15) is 24.9 Å². The molecular formula is C16H21N5O2. The number of benzene rings is 1. The zero-order valence-corrected chi connectivity index (χ0v) is 13.1. The van der Waals surface area contributed by atoms with Crippen molar-refractivity contribution < 1.29 is 9.90 Å². The van der Waals surface area contributed by atoms with Crippen LogP contribution in [0.4, 0.5) is 4.79 Å². The highest BCUT2D eigenvalue weighted by atomic mass is 16.3. The van der Waals surface area contributed by atoms with Gasteiger partial charge in [-0.3, -0.25) is 0 Å². The summed E-state index contributed by atoms with van der Waals surface area (Å²) in [4.78, 5) is 17.9. The maximum absolute atomic E-state index is 12.3. The first-order valence-electron chi connectivity index (χ1n) is 7.78. The van der Waals surface area contributed by atoms with Crippen LogP contribution in [0.25, 0.3) is 5.69 Å². The molecule has 1 aliphatic heterocycles. The van der Waals surface area contributed by atoms with Crippen molar-refractivity contribution in [2.24, 2.45) is 5.92 Å². The highest BCUT2D eigenvalue weighted by Gasteiger charge is 2.26. The van der Waals surface area contributed by atoms with Crippen molar-refractivity contribution in [3.63, 3.8) is 0 Å². The summed E-state index contributed by atoms with van der Waals surface area (Å²) in [6.45, 7) is 3.43. The number of carbonyl (C=O) groups excluding carboxylic acids is 1. The smallest absolute Gasteiger partial charge is 0.317 e. The number of likely N-dealkylation sites (tertiary alicyclic amines) is 1. The van der Waals surface area contributed by atoms with Gasteiger partial charge in [-0.1, -0.05) is 12.1 Å². The molecule has 2 atom stereocenters. The highest BCUT2D eigenvalue weighted by Crippen LogP contribution is 2.18. The molecule has 2 aromatic rings. The van der Waals surface area contributed by atoms with Gasteiger partial charge in [0.1, 0.15) is 12.7 Å². The van der Waals surface area contributed by atoms with Crippen molar-refractivity contribution in [3.05, 3.63) is 42.5 Å². The van der Waals surface area contributed by atoms with Gasteiger partial charge in [0.15, 0.2) is 0 Å². The van der Waals surface area contributed by atoms with Crippen molar-refractivity contribution in [2.75, 3.05) is 19.7 Å². The standard InChI is InChI=1S/C16H21N5O2/c1-12(19-16(23)20-7-6-13(8-20)9-22)14-2-4-15(5-3-14)21-11-17-10-18-21/h2-5,10-13,22H,6-9H2,1H3,(H,19,23). The van der Waals surface area contributed by atoms with Crippen molar-refractivity contribution in [1.29, 1.82) is 0 Å². The Bertz CT molecular complexity index is 641. The molecule has 2 amide bonds. The van der Waals surface area contributed by atoms with E-state index in [0.29, 0.717) is 13.1 Å². The maximum Gasteiger partial charge on any atom is 0.317 e. The van der Waals surface area contributed by atoms with Crippen LogP contribution in [0.3, 0.4) is 0 Å². The van der Waals surface area contributed by atoms with Crippen molar-refractivity contribution in [3.8, 4) is 5.69 Å². The van der Waals surface area contributed by atoms with Crippen LogP contribution in [0.15, 0.2) is 36.9 Å². The number of aliphatic hydroxyl groups is 1. The van der Waals surface area contributed by atoms with E-state index in [9.17, 15) is 4.79 Å². The Morgan fingerprint density at radius 3 is 2.83 bits per heavy atom. The molecule has 23 heavy (non-hydrogen) atoms. The number of nitrogens with zero attached hydrogens (tertiary/aromatic N) is 4. The SMILES string of the molecule is CC(NC(=O)N1CCC(CO)C1)c1ccc(-n2cncn2)cc1. The lowest BCUT2D eigenvalue weighted by Gasteiger charge is -2.21. The Labute approximate surface area is 134 Å². The van der Waals surface area contributed by atoms with Gasteiger partial charge in [-0.25, -0.2) is 14.5 Å². The number of amides is 2. The molecule has 3 rings (SSSR count). The summed E-state index contributed by atoms with van der Waals surface area (Å²) in [7, 11) is 0. The molecule has 0 aliphatic carbocycles. The number of aliphatic hydroxyl groups excluding tert-OH is 1. The Balaban J connectivity index is 1.60. The number of rotatable bonds is 4. The van der Waals surface area contributed by atoms with Gasteiger partial charge < -0.3 is 15.3 Å². The molecule has 2 N–H and O–H groups in total. The van der Waals surface area contributed by atoms with Crippen LogP contribution in [0.2, 0.25) is 0 Å². The van der Waals surface area contributed by atoms with E-state index < -0.39 is 0 Å². The van der Waals surface area contributed by atoms with E-state index in [1.807, 2.05) is 31.2 Å².